The quantitative estimate of drug-likeness (QED) is 0.309. The van der Waals surface area contributed by atoms with Gasteiger partial charge >= 0.3 is 0 Å². The topological polar surface area (TPSA) is 55.8 Å². The number of hydrogen-bond donors (Lipinski definition) is 1. The van der Waals surface area contributed by atoms with Crippen LogP contribution in [0.1, 0.15) is 13.3 Å². The molecule has 0 aromatic heterocycles. The van der Waals surface area contributed by atoms with E-state index in [2.05, 4.69) is 6.58 Å². The minimum absolute atomic E-state index is 0. The van der Waals surface area contributed by atoms with Gasteiger partial charge < -0.3 is 14.6 Å². The molecule has 0 amide bonds. The van der Waals surface area contributed by atoms with Crippen LogP contribution in [0.4, 0.5) is 0 Å². The summed E-state index contributed by atoms with van der Waals surface area (Å²) in [6.07, 6.45) is 2.85. The molecule has 0 saturated carbocycles. The van der Waals surface area contributed by atoms with Gasteiger partial charge in [0.25, 0.3) is 0 Å². The van der Waals surface area contributed by atoms with Gasteiger partial charge in [-0.25, -0.2) is 0 Å². The Morgan fingerprint density at radius 1 is 1.60 bits per heavy atom. The van der Waals surface area contributed by atoms with E-state index in [1.807, 2.05) is 6.92 Å². The number of esters is 1. The zero-order valence-electron chi connectivity index (χ0n) is 9.02. The van der Waals surface area contributed by atoms with Gasteiger partial charge in [0.05, 0.1) is 13.2 Å². The van der Waals surface area contributed by atoms with E-state index < -0.39 is 12.1 Å². The second-order valence-electron chi connectivity index (χ2n) is 2.72. The molecular formula is C10H17O4Y-. The van der Waals surface area contributed by atoms with Crippen LogP contribution >= 0.6 is 0 Å². The normalized spacial score (nSPS) is 11.1. The fourth-order valence-corrected chi connectivity index (χ4v) is 0.739. The molecule has 5 heteroatoms. The predicted molar refractivity (Wildman–Crippen MR) is 52.6 cm³/mol. The van der Waals surface area contributed by atoms with Crippen molar-refractivity contribution in [2.75, 3.05) is 19.8 Å². The van der Waals surface area contributed by atoms with Crippen molar-refractivity contribution in [1.82, 2.24) is 0 Å². The van der Waals surface area contributed by atoms with Crippen molar-refractivity contribution in [3.05, 3.63) is 19.1 Å². The molecule has 0 rings (SSSR count). The Hall–Kier alpha value is 0.104. The molecule has 0 saturated heterocycles. The number of aliphatic hydroxyl groups is 1. The van der Waals surface area contributed by atoms with Gasteiger partial charge in [0, 0.05) is 32.7 Å². The fourth-order valence-electron chi connectivity index (χ4n) is 0.739. The Morgan fingerprint density at radius 2 is 2.27 bits per heavy atom. The summed E-state index contributed by atoms with van der Waals surface area (Å²) in [5.74, 6) is -0.407. The van der Waals surface area contributed by atoms with Gasteiger partial charge in [-0.2, -0.15) is 6.42 Å². The number of carbonyl (C=O) groups excluding carboxylic acids is 1. The summed E-state index contributed by atoms with van der Waals surface area (Å²) in [5, 5.41) is 9.24. The average Bonchev–Trinajstić information content (AvgIpc) is 2.16. The van der Waals surface area contributed by atoms with E-state index in [0.717, 1.165) is 0 Å². The maximum atomic E-state index is 10.8. The van der Waals surface area contributed by atoms with E-state index in [4.69, 9.17) is 9.47 Å². The van der Waals surface area contributed by atoms with Crippen LogP contribution < -0.4 is 0 Å². The maximum Gasteiger partial charge on any atom is 0.167 e. The van der Waals surface area contributed by atoms with Crippen molar-refractivity contribution in [3.8, 4) is 0 Å². The van der Waals surface area contributed by atoms with Crippen LogP contribution in [0.3, 0.4) is 0 Å². The van der Waals surface area contributed by atoms with Crippen LogP contribution in [0.5, 0.6) is 0 Å². The van der Waals surface area contributed by atoms with Crippen molar-refractivity contribution in [3.63, 3.8) is 0 Å². The maximum absolute atomic E-state index is 10.8. The van der Waals surface area contributed by atoms with Crippen molar-refractivity contribution in [2.24, 2.45) is 0 Å². The van der Waals surface area contributed by atoms with Crippen LogP contribution in [0, 0.1) is 6.42 Å². The number of ether oxygens (including phenoxy) is 2. The van der Waals surface area contributed by atoms with Crippen molar-refractivity contribution in [1.29, 1.82) is 0 Å². The first kappa shape index (κ1) is 17.5. The molecule has 0 fully saturated rings. The smallest absolute Gasteiger partial charge is 0.167 e. The molecule has 1 N–H and O–H groups in total. The van der Waals surface area contributed by atoms with E-state index in [-0.39, 0.29) is 45.9 Å². The Bertz CT molecular complexity index is 173. The van der Waals surface area contributed by atoms with E-state index in [9.17, 15) is 9.90 Å². The Balaban J connectivity index is 0. The van der Waals surface area contributed by atoms with Gasteiger partial charge in [0.2, 0.25) is 0 Å². The van der Waals surface area contributed by atoms with E-state index in [1.165, 1.54) is 6.42 Å². The van der Waals surface area contributed by atoms with Crippen LogP contribution in [0.2, 0.25) is 0 Å². The predicted octanol–water partition coefficient (Wildman–Crippen LogP) is 0.705. The third-order valence-corrected chi connectivity index (χ3v) is 1.33. The molecule has 0 aliphatic carbocycles. The SMILES string of the molecule is C=CCOCC(O)COC(=O)[CH-]CC.[Y]. The fraction of sp³-hybridized carbons (Fsp3) is 0.600. The van der Waals surface area contributed by atoms with Gasteiger partial charge in [-0.05, 0) is 0 Å². The molecule has 0 aliphatic rings. The molecule has 4 nitrogen and oxygen atoms in total. The molecule has 1 radical (unpaired) electrons. The second kappa shape index (κ2) is 12.2. The first-order valence-electron chi connectivity index (χ1n) is 4.57. The van der Waals surface area contributed by atoms with Gasteiger partial charge in [-0.3, -0.25) is 11.2 Å². The van der Waals surface area contributed by atoms with Crippen LogP contribution in [-0.2, 0) is 47.0 Å². The molecule has 0 heterocycles. The molecule has 15 heavy (non-hydrogen) atoms. The molecule has 1 atom stereocenters. The molecule has 0 aromatic rings. The van der Waals surface area contributed by atoms with Crippen LogP contribution in [0.25, 0.3) is 0 Å². The van der Waals surface area contributed by atoms with Crippen molar-refractivity contribution in [2.45, 2.75) is 19.4 Å². The average molecular weight is 290 g/mol. The van der Waals surface area contributed by atoms with E-state index in [1.54, 1.807) is 6.08 Å². The minimum atomic E-state index is -0.774. The first-order chi connectivity index (χ1) is 6.70. The Kier molecular flexibility index (Phi) is 14.2. The van der Waals surface area contributed by atoms with Crippen LogP contribution in [-0.4, -0.2) is 37.0 Å². The van der Waals surface area contributed by atoms with Crippen LogP contribution in [0.15, 0.2) is 12.7 Å². The zero-order chi connectivity index (χ0) is 10.8. The largest absolute Gasteiger partial charge is 0.485 e. The molecule has 0 aliphatic heterocycles. The molecule has 0 aromatic carbocycles. The summed E-state index contributed by atoms with van der Waals surface area (Å²) >= 11 is 0. The third-order valence-electron chi connectivity index (χ3n) is 1.33. The summed E-state index contributed by atoms with van der Waals surface area (Å²) in [6.45, 7) is 5.79. The summed E-state index contributed by atoms with van der Waals surface area (Å²) in [7, 11) is 0. The monoisotopic (exact) mass is 290 g/mol. The standard InChI is InChI=1S/C10H17O4.Y/c1-3-5-10(12)14-8-9(11)7-13-6-4-2;/h4-5,9,11H,2-3,6-8H2,1H3;/q-1;. The van der Waals surface area contributed by atoms with Gasteiger partial charge in [-0.15, -0.1) is 6.58 Å². The molecule has 85 valence electrons. The van der Waals surface area contributed by atoms with Gasteiger partial charge in [-0.1, -0.05) is 13.0 Å². The Morgan fingerprint density at radius 3 is 2.80 bits per heavy atom. The number of carbonyl (C=O) groups is 1. The van der Waals surface area contributed by atoms with Gasteiger partial charge in [0.15, 0.2) is 5.97 Å². The zero-order valence-corrected chi connectivity index (χ0v) is 11.9. The summed E-state index contributed by atoms with van der Waals surface area (Å²) in [4.78, 5) is 10.8. The summed E-state index contributed by atoms with van der Waals surface area (Å²) in [5.41, 5.74) is 0. The van der Waals surface area contributed by atoms with E-state index in [0.29, 0.717) is 13.0 Å². The minimum Gasteiger partial charge on any atom is -0.485 e. The summed E-state index contributed by atoms with van der Waals surface area (Å²) in [6, 6.07) is 0. The number of hydrogen-bond acceptors (Lipinski definition) is 4. The number of rotatable bonds is 8. The molecule has 0 spiro atoms. The van der Waals surface area contributed by atoms with Crippen molar-refractivity contribution >= 4 is 5.97 Å². The molecule has 1 unspecified atom stereocenters. The van der Waals surface area contributed by atoms with Gasteiger partial charge in [0.1, 0.15) is 12.7 Å². The second-order valence-corrected chi connectivity index (χ2v) is 2.72. The Labute approximate surface area is 116 Å². The van der Waals surface area contributed by atoms with Crippen molar-refractivity contribution < 1.29 is 52.1 Å². The molecule has 0 bridgehead atoms. The first-order valence-corrected chi connectivity index (χ1v) is 4.57. The summed E-state index contributed by atoms with van der Waals surface area (Å²) < 4.78 is 9.69. The number of aliphatic hydroxyl groups excluding tert-OH is 1. The molecular weight excluding hydrogens is 273 g/mol. The van der Waals surface area contributed by atoms with E-state index >= 15 is 0 Å². The third kappa shape index (κ3) is 12.0.